The van der Waals surface area contributed by atoms with E-state index >= 15 is 0 Å². The third-order valence-electron chi connectivity index (χ3n) is 3.61. The number of hydrogen-bond donors (Lipinski definition) is 1. The minimum Gasteiger partial charge on any atom is -0.365 e. The molecule has 1 N–H and O–H groups in total. The van der Waals surface area contributed by atoms with E-state index in [9.17, 15) is 4.79 Å². The van der Waals surface area contributed by atoms with Crippen LogP contribution >= 0.6 is 0 Å². The van der Waals surface area contributed by atoms with Gasteiger partial charge in [0.05, 0.1) is 17.1 Å². The van der Waals surface area contributed by atoms with Crippen molar-refractivity contribution in [1.82, 2.24) is 15.1 Å². The number of aryl methyl sites for hydroxylation is 2. The zero-order chi connectivity index (χ0) is 14.2. The predicted octanol–water partition coefficient (Wildman–Crippen LogP) is 1.72. The number of aromatic amines is 1. The number of aromatic nitrogens is 2. The van der Waals surface area contributed by atoms with Crippen molar-refractivity contribution in [2.24, 2.45) is 5.41 Å². The summed E-state index contributed by atoms with van der Waals surface area (Å²) in [5.74, 6) is 0.243. The van der Waals surface area contributed by atoms with E-state index in [0.717, 1.165) is 37.6 Å². The van der Waals surface area contributed by atoms with E-state index in [-0.39, 0.29) is 11.3 Å². The number of nitrogens with zero attached hydrogens (tertiary/aromatic N) is 3. The van der Waals surface area contributed by atoms with Crippen LogP contribution in [-0.4, -0.2) is 47.2 Å². The van der Waals surface area contributed by atoms with Crippen molar-refractivity contribution in [3.8, 4) is 0 Å². The van der Waals surface area contributed by atoms with Gasteiger partial charge in [0, 0.05) is 31.6 Å². The second-order valence-electron chi connectivity index (χ2n) is 6.31. The minimum atomic E-state index is -0.288. The third kappa shape index (κ3) is 2.74. The average Bonchev–Trinajstić information content (AvgIpc) is 2.67. The molecule has 0 radical (unpaired) electrons. The Hall–Kier alpha value is -1.52. The summed E-state index contributed by atoms with van der Waals surface area (Å²) in [6, 6.07) is 0. The summed E-state index contributed by atoms with van der Waals surface area (Å²) in [7, 11) is 0. The van der Waals surface area contributed by atoms with E-state index in [2.05, 4.69) is 15.1 Å². The van der Waals surface area contributed by atoms with Crippen LogP contribution in [0.2, 0.25) is 0 Å². The van der Waals surface area contributed by atoms with Gasteiger partial charge in [-0.25, -0.2) is 0 Å². The highest BCUT2D eigenvalue weighted by atomic mass is 16.2. The van der Waals surface area contributed by atoms with Crippen LogP contribution in [0, 0.1) is 19.3 Å². The lowest BCUT2D eigenvalue weighted by atomic mass is 9.94. The van der Waals surface area contributed by atoms with Crippen molar-refractivity contribution in [2.45, 2.75) is 34.6 Å². The second kappa shape index (κ2) is 4.87. The Morgan fingerprint density at radius 3 is 2.16 bits per heavy atom. The number of rotatable bonds is 1. The van der Waals surface area contributed by atoms with Crippen LogP contribution in [-0.2, 0) is 4.79 Å². The van der Waals surface area contributed by atoms with E-state index in [1.807, 2.05) is 39.5 Å². The van der Waals surface area contributed by atoms with Gasteiger partial charge in [-0.1, -0.05) is 20.8 Å². The first-order valence-electron chi connectivity index (χ1n) is 6.86. The van der Waals surface area contributed by atoms with Crippen LogP contribution in [0.5, 0.6) is 0 Å². The maximum atomic E-state index is 12.2. The third-order valence-corrected chi connectivity index (χ3v) is 3.61. The lowest BCUT2D eigenvalue weighted by Gasteiger charge is -2.38. The highest BCUT2D eigenvalue weighted by Gasteiger charge is 2.30. The molecular formula is C14H24N4O. The first kappa shape index (κ1) is 13.9. The molecule has 0 bridgehead atoms. The zero-order valence-corrected chi connectivity index (χ0v) is 12.6. The molecule has 0 saturated carbocycles. The molecule has 0 atom stereocenters. The molecule has 1 amide bonds. The highest BCUT2D eigenvalue weighted by molar-refractivity contribution is 5.81. The van der Waals surface area contributed by atoms with Gasteiger partial charge in [0.2, 0.25) is 5.91 Å². The largest absolute Gasteiger partial charge is 0.365 e. The standard InChI is InChI=1S/C14H24N4O/c1-10-12(11(2)16-15-10)17-6-8-18(9-7-17)13(19)14(3,4)5/h6-9H2,1-5H3,(H,15,16). The molecule has 106 valence electrons. The van der Waals surface area contributed by atoms with Crippen molar-refractivity contribution < 1.29 is 4.79 Å². The number of nitrogens with one attached hydrogen (secondary N) is 1. The Balaban J connectivity index is 2.02. The fourth-order valence-electron chi connectivity index (χ4n) is 2.62. The van der Waals surface area contributed by atoms with Gasteiger partial charge in [-0.15, -0.1) is 0 Å². The van der Waals surface area contributed by atoms with Crippen molar-refractivity contribution in [2.75, 3.05) is 31.1 Å². The average molecular weight is 264 g/mol. The first-order valence-corrected chi connectivity index (χ1v) is 6.86. The highest BCUT2D eigenvalue weighted by Crippen LogP contribution is 2.25. The molecule has 1 aromatic heterocycles. The van der Waals surface area contributed by atoms with E-state index in [1.165, 1.54) is 5.69 Å². The van der Waals surface area contributed by atoms with Gasteiger partial charge in [0.15, 0.2) is 0 Å². The molecule has 1 aliphatic rings. The van der Waals surface area contributed by atoms with Crippen molar-refractivity contribution in [3.63, 3.8) is 0 Å². The maximum Gasteiger partial charge on any atom is 0.228 e. The number of anilines is 1. The smallest absolute Gasteiger partial charge is 0.228 e. The minimum absolute atomic E-state index is 0.243. The summed E-state index contributed by atoms with van der Waals surface area (Å²) >= 11 is 0. The van der Waals surface area contributed by atoms with Crippen molar-refractivity contribution >= 4 is 11.6 Å². The van der Waals surface area contributed by atoms with E-state index in [4.69, 9.17) is 0 Å². The zero-order valence-electron chi connectivity index (χ0n) is 12.6. The molecule has 5 heteroatoms. The van der Waals surface area contributed by atoms with Gasteiger partial charge in [0.1, 0.15) is 0 Å². The van der Waals surface area contributed by atoms with Gasteiger partial charge in [-0.05, 0) is 13.8 Å². The number of carbonyl (C=O) groups excluding carboxylic acids is 1. The van der Waals surface area contributed by atoms with Crippen LogP contribution in [0.3, 0.4) is 0 Å². The van der Waals surface area contributed by atoms with Crippen molar-refractivity contribution in [3.05, 3.63) is 11.4 Å². The molecule has 2 rings (SSSR count). The molecule has 1 aromatic rings. The quantitative estimate of drug-likeness (QED) is 0.840. The molecule has 0 spiro atoms. The SMILES string of the molecule is Cc1n[nH]c(C)c1N1CCN(C(=O)C(C)(C)C)CC1. The maximum absolute atomic E-state index is 12.2. The van der Waals surface area contributed by atoms with Crippen LogP contribution < -0.4 is 4.90 Å². The lowest BCUT2D eigenvalue weighted by Crippen LogP contribution is -2.51. The topological polar surface area (TPSA) is 52.2 Å². The number of hydrogen-bond acceptors (Lipinski definition) is 3. The van der Waals surface area contributed by atoms with Gasteiger partial charge in [0.25, 0.3) is 0 Å². The number of piperazine rings is 1. The summed E-state index contributed by atoms with van der Waals surface area (Å²) < 4.78 is 0. The Morgan fingerprint density at radius 1 is 1.16 bits per heavy atom. The van der Waals surface area contributed by atoms with E-state index in [0.29, 0.717) is 0 Å². The van der Waals surface area contributed by atoms with Crippen LogP contribution in [0.25, 0.3) is 0 Å². The van der Waals surface area contributed by atoms with Gasteiger partial charge in [-0.3, -0.25) is 9.89 Å². The Morgan fingerprint density at radius 2 is 1.74 bits per heavy atom. The fourth-order valence-corrected chi connectivity index (χ4v) is 2.62. The second-order valence-corrected chi connectivity index (χ2v) is 6.31. The van der Waals surface area contributed by atoms with E-state index in [1.54, 1.807) is 0 Å². The van der Waals surface area contributed by atoms with Crippen molar-refractivity contribution in [1.29, 1.82) is 0 Å². The molecular weight excluding hydrogens is 240 g/mol. The molecule has 0 aromatic carbocycles. The molecule has 1 saturated heterocycles. The summed E-state index contributed by atoms with van der Waals surface area (Å²) in [4.78, 5) is 16.5. The molecule has 19 heavy (non-hydrogen) atoms. The summed E-state index contributed by atoms with van der Waals surface area (Å²) in [5.41, 5.74) is 3.05. The summed E-state index contributed by atoms with van der Waals surface area (Å²) in [5, 5.41) is 7.26. The fraction of sp³-hybridized carbons (Fsp3) is 0.714. The Kier molecular flexibility index (Phi) is 3.56. The molecule has 0 unspecified atom stereocenters. The lowest BCUT2D eigenvalue weighted by molar-refractivity contribution is -0.139. The van der Waals surface area contributed by atoms with Gasteiger partial charge in [-0.2, -0.15) is 5.10 Å². The molecule has 5 nitrogen and oxygen atoms in total. The number of H-pyrrole nitrogens is 1. The normalized spacial score (nSPS) is 16.9. The number of amides is 1. The Bertz CT molecular complexity index is 445. The molecule has 2 heterocycles. The van der Waals surface area contributed by atoms with Crippen LogP contribution in [0.15, 0.2) is 0 Å². The van der Waals surface area contributed by atoms with Crippen LogP contribution in [0.4, 0.5) is 5.69 Å². The summed E-state index contributed by atoms with van der Waals surface area (Å²) in [6.07, 6.45) is 0. The molecule has 0 aliphatic carbocycles. The number of carbonyl (C=O) groups is 1. The first-order chi connectivity index (χ1) is 8.80. The molecule has 1 fully saturated rings. The Labute approximate surface area is 115 Å². The van der Waals surface area contributed by atoms with Gasteiger partial charge < -0.3 is 9.80 Å². The van der Waals surface area contributed by atoms with Crippen LogP contribution in [0.1, 0.15) is 32.2 Å². The van der Waals surface area contributed by atoms with E-state index < -0.39 is 0 Å². The predicted molar refractivity (Wildman–Crippen MR) is 76.3 cm³/mol. The summed E-state index contributed by atoms with van der Waals surface area (Å²) in [6.45, 7) is 13.3. The molecule has 1 aliphatic heterocycles. The van der Waals surface area contributed by atoms with Gasteiger partial charge >= 0.3 is 0 Å². The monoisotopic (exact) mass is 264 g/mol.